The lowest BCUT2D eigenvalue weighted by molar-refractivity contribution is -0.0520. The molecule has 1 aliphatic carbocycles. The summed E-state index contributed by atoms with van der Waals surface area (Å²) in [5, 5.41) is 13.1. The van der Waals surface area contributed by atoms with Crippen LogP contribution in [0, 0.1) is 11.7 Å². The molecule has 1 aliphatic rings. The number of amides is 1. The van der Waals surface area contributed by atoms with Gasteiger partial charge < -0.3 is 19.9 Å². The van der Waals surface area contributed by atoms with Gasteiger partial charge in [0.15, 0.2) is 11.6 Å². The number of carbonyl (C=O) groups is 1. The van der Waals surface area contributed by atoms with Gasteiger partial charge in [-0.05, 0) is 43.7 Å². The van der Waals surface area contributed by atoms with Gasteiger partial charge in [0, 0.05) is 25.1 Å². The van der Waals surface area contributed by atoms with Crippen molar-refractivity contribution in [2.24, 2.45) is 5.92 Å². The largest absolute Gasteiger partial charge is 0.432 e. The van der Waals surface area contributed by atoms with Crippen molar-refractivity contribution in [3.8, 4) is 5.75 Å². The molecule has 0 bridgehead atoms. The van der Waals surface area contributed by atoms with Crippen LogP contribution < -0.4 is 10.1 Å². The second kappa shape index (κ2) is 10.3. The standard InChI is InChI=1S/C22H27F3N2O4.H2/c1-12(2)19(28)11-30-16-5-3-15(4-6-16)27-21(29)14-7-13-8-17(23)20(31-22(24)25)9-18(13)26-10-14;/h7-10,12,15-16,19,22,28H,3-6,11H2,1-2H3,(H,27,29);1H. The zero-order valence-corrected chi connectivity index (χ0v) is 17.5. The molecule has 31 heavy (non-hydrogen) atoms. The van der Waals surface area contributed by atoms with Gasteiger partial charge in [-0.15, -0.1) is 0 Å². The predicted molar refractivity (Wildman–Crippen MR) is 111 cm³/mol. The SMILES string of the molecule is CC(C)C(O)COC1CCC(NC(=O)c2cnc3cc(OC(F)F)c(F)cc3c2)CC1.[HH]. The van der Waals surface area contributed by atoms with E-state index in [-0.39, 0.29) is 36.5 Å². The fraction of sp³-hybridized carbons (Fsp3) is 0.545. The monoisotopic (exact) mass is 442 g/mol. The molecule has 1 atom stereocenters. The third-order valence-corrected chi connectivity index (χ3v) is 5.49. The smallest absolute Gasteiger partial charge is 0.387 e. The topological polar surface area (TPSA) is 80.7 Å². The maximum Gasteiger partial charge on any atom is 0.387 e. The molecule has 0 radical (unpaired) electrons. The van der Waals surface area contributed by atoms with Crippen LogP contribution in [0.4, 0.5) is 13.2 Å². The number of alkyl halides is 2. The lowest BCUT2D eigenvalue weighted by atomic mass is 9.92. The van der Waals surface area contributed by atoms with E-state index in [2.05, 4.69) is 15.0 Å². The molecular weight excluding hydrogens is 413 g/mol. The average molecular weight is 442 g/mol. The first-order chi connectivity index (χ1) is 14.7. The summed E-state index contributed by atoms with van der Waals surface area (Å²) in [6.07, 6.45) is 3.96. The lowest BCUT2D eigenvalue weighted by Crippen LogP contribution is -2.39. The zero-order valence-electron chi connectivity index (χ0n) is 17.5. The minimum Gasteiger partial charge on any atom is -0.432 e. The molecule has 0 aliphatic heterocycles. The molecule has 1 fully saturated rings. The Hall–Kier alpha value is -2.39. The number of aliphatic hydroxyl groups excluding tert-OH is 1. The summed E-state index contributed by atoms with van der Waals surface area (Å²) in [7, 11) is 0. The van der Waals surface area contributed by atoms with Crippen LogP contribution in [-0.4, -0.2) is 47.5 Å². The number of nitrogens with zero attached hydrogens (tertiary/aromatic N) is 1. The lowest BCUT2D eigenvalue weighted by Gasteiger charge is -2.30. The van der Waals surface area contributed by atoms with E-state index in [0.29, 0.717) is 12.0 Å². The van der Waals surface area contributed by atoms with Gasteiger partial charge in [0.1, 0.15) is 0 Å². The molecule has 1 saturated carbocycles. The van der Waals surface area contributed by atoms with E-state index < -0.39 is 24.3 Å². The highest BCUT2D eigenvalue weighted by atomic mass is 19.3. The maximum absolute atomic E-state index is 14.0. The van der Waals surface area contributed by atoms with E-state index in [9.17, 15) is 23.1 Å². The zero-order chi connectivity index (χ0) is 22.5. The molecule has 1 heterocycles. The van der Waals surface area contributed by atoms with E-state index in [0.717, 1.165) is 37.8 Å². The number of aliphatic hydroxyl groups is 1. The number of nitrogens with one attached hydrogen (secondary N) is 1. The minimum atomic E-state index is -3.14. The highest BCUT2D eigenvalue weighted by Gasteiger charge is 2.24. The van der Waals surface area contributed by atoms with Crippen LogP contribution in [0.25, 0.3) is 10.9 Å². The third-order valence-electron chi connectivity index (χ3n) is 5.49. The van der Waals surface area contributed by atoms with Gasteiger partial charge in [0.25, 0.3) is 5.91 Å². The fourth-order valence-electron chi connectivity index (χ4n) is 3.51. The van der Waals surface area contributed by atoms with Crippen molar-refractivity contribution in [3.63, 3.8) is 0 Å². The summed E-state index contributed by atoms with van der Waals surface area (Å²) >= 11 is 0. The molecule has 0 saturated heterocycles. The molecule has 1 aromatic heterocycles. The van der Waals surface area contributed by atoms with Gasteiger partial charge in [-0.1, -0.05) is 13.8 Å². The minimum absolute atomic E-state index is 0. The van der Waals surface area contributed by atoms with Crippen LogP contribution in [0.2, 0.25) is 0 Å². The van der Waals surface area contributed by atoms with E-state index in [1.807, 2.05) is 13.8 Å². The van der Waals surface area contributed by atoms with Gasteiger partial charge in [-0.2, -0.15) is 8.78 Å². The molecule has 172 valence electrons. The van der Waals surface area contributed by atoms with Crippen LogP contribution in [0.3, 0.4) is 0 Å². The summed E-state index contributed by atoms with van der Waals surface area (Å²) in [6.45, 7) is 1.04. The van der Waals surface area contributed by atoms with Crippen LogP contribution in [0.15, 0.2) is 24.4 Å². The number of benzene rings is 1. The van der Waals surface area contributed by atoms with Crippen molar-refractivity contribution >= 4 is 16.8 Å². The maximum atomic E-state index is 14.0. The van der Waals surface area contributed by atoms with E-state index in [1.165, 1.54) is 12.3 Å². The summed E-state index contributed by atoms with van der Waals surface area (Å²) in [5.41, 5.74) is 0.502. The first kappa shape index (κ1) is 23.3. The normalized spacial score (nSPS) is 20.3. The average Bonchev–Trinajstić information content (AvgIpc) is 2.72. The Morgan fingerprint density at radius 1 is 1.26 bits per heavy atom. The van der Waals surface area contributed by atoms with Crippen molar-refractivity contribution in [1.29, 1.82) is 0 Å². The molecule has 0 spiro atoms. The van der Waals surface area contributed by atoms with E-state index in [1.54, 1.807) is 0 Å². The highest BCUT2D eigenvalue weighted by Crippen LogP contribution is 2.26. The van der Waals surface area contributed by atoms with Crippen LogP contribution in [0.1, 0.15) is 51.3 Å². The number of hydrogen-bond donors (Lipinski definition) is 2. The first-order valence-corrected chi connectivity index (χ1v) is 10.4. The molecule has 1 amide bonds. The number of pyridine rings is 1. The Bertz CT molecular complexity index is 908. The molecule has 9 heteroatoms. The number of aromatic nitrogens is 1. The number of halogens is 3. The first-order valence-electron chi connectivity index (χ1n) is 10.4. The van der Waals surface area contributed by atoms with Gasteiger partial charge in [0.2, 0.25) is 0 Å². The van der Waals surface area contributed by atoms with Crippen molar-refractivity contribution in [2.45, 2.75) is 64.4 Å². The summed E-state index contributed by atoms with van der Waals surface area (Å²) in [5.74, 6) is -1.73. The second-order valence-electron chi connectivity index (χ2n) is 8.17. The van der Waals surface area contributed by atoms with Crippen LogP contribution >= 0.6 is 0 Å². The Labute approximate surface area is 180 Å². The molecule has 1 aromatic carbocycles. The van der Waals surface area contributed by atoms with E-state index >= 15 is 0 Å². The highest BCUT2D eigenvalue weighted by molar-refractivity contribution is 5.97. The molecule has 2 aromatic rings. The molecular formula is C22H29F3N2O4. The third kappa shape index (κ3) is 6.30. The second-order valence-corrected chi connectivity index (χ2v) is 8.17. The van der Waals surface area contributed by atoms with Gasteiger partial charge in [0.05, 0.1) is 29.9 Å². The predicted octanol–water partition coefficient (Wildman–Crippen LogP) is 4.30. The fourth-order valence-corrected chi connectivity index (χ4v) is 3.51. The number of rotatable bonds is 8. The van der Waals surface area contributed by atoms with Crippen molar-refractivity contribution in [2.75, 3.05) is 6.61 Å². The molecule has 2 N–H and O–H groups in total. The van der Waals surface area contributed by atoms with Crippen LogP contribution in [0.5, 0.6) is 5.75 Å². The Morgan fingerprint density at radius 2 is 1.97 bits per heavy atom. The quantitative estimate of drug-likeness (QED) is 0.637. The molecule has 1 unspecified atom stereocenters. The number of hydrogen-bond acceptors (Lipinski definition) is 5. The molecule has 6 nitrogen and oxygen atoms in total. The Morgan fingerprint density at radius 3 is 2.61 bits per heavy atom. The van der Waals surface area contributed by atoms with Crippen molar-refractivity contribution in [1.82, 2.24) is 10.3 Å². The van der Waals surface area contributed by atoms with E-state index in [4.69, 9.17) is 4.74 Å². The summed E-state index contributed by atoms with van der Waals surface area (Å²) in [4.78, 5) is 16.7. The Kier molecular flexibility index (Phi) is 7.72. The Balaban J connectivity index is 0.00000363. The van der Waals surface area contributed by atoms with Gasteiger partial charge in [-0.3, -0.25) is 9.78 Å². The van der Waals surface area contributed by atoms with Gasteiger partial charge >= 0.3 is 6.61 Å². The number of ether oxygens (including phenoxy) is 2. The number of fused-ring (bicyclic) bond motifs is 1. The van der Waals surface area contributed by atoms with Gasteiger partial charge in [-0.25, -0.2) is 4.39 Å². The van der Waals surface area contributed by atoms with Crippen molar-refractivity contribution in [3.05, 3.63) is 35.8 Å². The molecule has 3 rings (SSSR count). The number of carbonyl (C=O) groups excluding carboxylic acids is 1. The van der Waals surface area contributed by atoms with Crippen molar-refractivity contribution < 1.29 is 34.0 Å². The summed E-state index contributed by atoms with van der Waals surface area (Å²) < 4.78 is 48.6. The van der Waals surface area contributed by atoms with Crippen LogP contribution in [-0.2, 0) is 4.74 Å². The summed E-state index contributed by atoms with van der Waals surface area (Å²) in [6, 6.07) is 3.55.